The summed E-state index contributed by atoms with van der Waals surface area (Å²) >= 11 is 0. The van der Waals surface area contributed by atoms with Gasteiger partial charge < -0.3 is 9.72 Å². The number of methoxy groups -OCH3 is 1. The number of pyridine rings is 1. The molecule has 7 nitrogen and oxygen atoms in total. The Morgan fingerprint density at radius 1 is 1.07 bits per heavy atom. The van der Waals surface area contributed by atoms with Crippen molar-refractivity contribution in [3.63, 3.8) is 0 Å². The third-order valence-electron chi connectivity index (χ3n) is 4.73. The molecule has 0 saturated heterocycles. The van der Waals surface area contributed by atoms with Crippen LogP contribution in [0.1, 0.15) is 15.3 Å². The third-order valence-corrected chi connectivity index (χ3v) is 6.91. The monoisotopic (exact) mass is 410 g/mol. The topological polar surface area (TPSA) is 97.8 Å². The fourth-order valence-electron chi connectivity index (χ4n) is 3.08. The van der Waals surface area contributed by atoms with E-state index < -0.39 is 15.1 Å². The molecule has 3 heterocycles. The second kappa shape index (κ2) is 7.29. The van der Waals surface area contributed by atoms with E-state index in [1.165, 1.54) is 0 Å². The Morgan fingerprint density at radius 2 is 1.83 bits per heavy atom. The first-order valence-corrected chi connectivity index (χ1v) is 10.6. The summed E-state index contributed by atoms with van der Waals surface area (Å²) in [5.74, 6) is 0.504. The summed E-state index contributed by atoms with van der Waals surface area (Å²) in [5.41, 5.74) is 4.41. The summed E-state index contributed by atoms with van der Waals surface area (Å²) in [5, 5.41) is -0.471. The molecule has 4 rings (SSSR count). The van der Waals surface area contributed by atoms with Crippen molar-refractivity contribution in [2.75, 3.05) is 7.11 Å². The van der Waals surface area contributed by atoms with Gasteiger partial charge in [0.25, 0.3) is 0 Å². The second-order valence-corrected chi connectivity index (χ2v) is 9.34. The van der Waals surface area contributed by atoms with E-state index in [0.29, 0.717) is 27.6 Å². The van der Waals surface area contributed by atoms with Crippen molar-refractivity contribution < 1.29 is 14.6 Å². The van der Waals surface area contributed by atoms with E-state index in [1.54, 1.807) is 57.6 Å². The number of rotatable bonds is 5. The third kappa shape index (κ3) is 3.36. The molecule has 0 fully saturated rings. The highest BCUT2D eigenvalue weighted by Gasteiger charge is 2.19. The van der Waals surface area contributed by atoms with E-state index in [0.717, 1.165) is 16.7 Å². The SMILES string of the molecule is COc1ncccc1-c1c[nH]c2ncc(-c3ccc(S(=O)(=O)C(C)C)cc3)nc12.[HH]. The van der Waals surface area contributed by atoms with Gasteiger partial charge in [0.15, 0.2) is 15.5 Å². The molecule has 0 bridgehead atoms. The Bertz CT molecular complexity index is 1290. The fourth-order valence-corrected chi connectivity index (χ4v) is 4.14. The van der Waals surface area contributed by atoms with E-state index in [9.17, 15) is 8.42 Å². The molecule has 0 unspecified atom stereocenters. The molecular weight excluding hydrogens is 388 g/mol. The van der Waals surface area contributed by atoms with Crippen molar-refractivity contribution in [3.8, 4) is 28.3 Å². The van der Waals surface area contributed by atoms with Crippen LogP contribution in [-0.2, 0) is 9.84 Å². The quantitative estimate of drug-likeness (QED) is 0.531. The minimum absolute atomic E-state index is 0. The Kier molecular flexibility index (Phi) is 4.79. The zero-order valence-electron chi connectivity index (χ0n) is 16.2. The number of H-pyrrole nitrogens is 1. The lowest BCUT2D eigenvalue weighted by Crippen LogP contribution is -2.13. The lowest BCUT2D eigenvalue weighted by atomic mass is 10.1. The molecule has 0 aliphatic carbocycles. The van der Waals surface area contributed by atoms with Crippen LogP contribution in [0.3, 0.4) is 0 Å². The molecule has 3 aromatic heterocycles. The van der Waals surface area contributed by atoms with Crippen molar-refractivity contribution >= 4 is 21.0 Å². The number of nitrogens with one attached hydrogen (secondary N) is 1. The Balaban J connectivity index is 0.00000256. The lowest BCUT2D eigenvalue weighted by Gasteiger charge is -2.09. The average molecular weight is 410 g/mol. The van der Waals surface area contributed by atoms with E-state index in [-0.39, 0.29) is 1.43 Å². The molecule has 0 saturated carbocycles. The van der Waals surface area contributed by atoms with Gasteiger partial charge in [-0.1, -0.05) is 12.1 Å². The number of aromatic amines is 1. The summed E-state index contributed by atoms with van der Waals surface area (Å²) in [6.07, 6.45) is 5.16. The largest absolute Gasteiger partial charge is 0.481 e. The first-order chi connectivity index (χ1) is 13.9. The van der Waals surface area contributed by atoms with E-state index in [2.05, 4.69) is 15.0 Å². The predicted octanol–water partition coefficient (Wildman–Crippen LogP) is 4.12. The van der Waals surface area contributed by atoms with Crippen molar-refractivity contribution in [1.29, 1.82) is 0 Å². The molecule has 0 atom stereocenters. The number of aromatic nitrogens is 4. The number of ether oxygens (including phenoxy) is 1. The van der Waals surface area contributed by atoms with Crippen LogP contribution in [0.5, 0.6) is 5.88 Å². The first kappa shape index (κ1) is 19.1. The molecule has 29 heavy (non-hydrogen) atoms. The van der Waals surface area contributed by atoms with Gasteiger partial charge >= 0.3 is 0 Å². The summed E-state index contributed by atoms with van der Waals surface area (Å²) in [6.45, 7) is 3.34. The molecule has 4 aromatic rings. The highest BCUT2D eigenvalue weighted by molar-refractivity contribution is 7.92. The summed E-state index contributed by atoms with van der Waals surface area (Å²) in [4.78, 5) is 16.9. The summed E-state index contributed by atoms with van der Waals surface area (Å²) < 4.78 is 30.0. The van der Waals surface area contributed by atoms with Crippen LogP contribution in [0.2, 0.25) is 0 Å². The van der Waals surface area contributed by atoms with E-state index in [4.69, 9.17) is 9.72 Å². The molecule has 1 N–H and O–H groups in total. The number of fused-ring (bicyclic) bond motifs is 1. The zero-order chi connectivity index (χ0) is 20.6. The molecule has 0 spiro atoms. The van der Waals surface area contributed by atoms with Crippen molar-refractivity contribution in [3.05, 3.63) is 55.0 Å². The highest BCUT2D eigenvalue weighted by atomic mass is 32.2. The first-order valence-electron chi connectivity index (χ1n) is 9.09. The van der Waals surface area contributed by atoms with Crippen molar-refractivity contribution in [2.24, 2.45) is 0 Å². The number of sulfone groups is 1. The molecule has 0 aliphatic heterocycles. The van der Waals surface area contributed by atoms with Gasteiger partial charge in [-0.3, -0.25) is 0 Å². The standard InChI is InChI=1S/C21H20N4O3S.H2/c1-13(2)29(26,27)15-8-6-14(7-9-15)18-12-24-20-19(25-18)17(11-23-20)16-5-4-10-22-21(16)28-3;/h4-13H,1-3H3,(H,23,24);1H. The number of nitrogens with zero attached hydrogens (tertiary/aromatic N) is 3. The highest BCUT2D eigenvalue weighted by Crippen LogP contribution is 2.33. The summed E-state index contributed by atoms with van der Waals surface area (Å²) in [6, 6.07) is 10.5. The predicted molar refractivity (Wildman–Crippen MR) is 114 cm³/mol. The van der Waals surface area contributed by atoms with E-state index in [1.807, 2.05) is 18.3 Å². The van der Waals surface area contributed by atoms with Gasteiger partial charge in [-0.25, -0.2) is 23.4 Å². The molecular formula is C21H22N4O3S. The van der Waals surface area contributed by atoms with Crippen LogP contribution >= 0.6 is 0 Å². The second-order valence-electron chi connectivity index (χ2n) is 6.83. The summed E-state index contributed by atoms with van der Waals surface area (Å²) in [7, 11) is -1.74. The maximum absolute atomic E-state index is 12.3. The van der Waals surface area contributed by atoms with Crippen LogP contribution in [-0.4, -0.2) is 40.7 Å². The normalized spacial score (nSPS) is 11.9. The minimum atomic E-state index is -3.31. The molecule has 150 valence electrons. The van der Waals surface area contributed by atoms with E-state index >= 15 is 0 Å². The molecule has 1 aromatic carbocycles. The van der Waals surface area contributed by atoms with Crippen LogP contribution in [0.15, 0.2) is 59.9 Å². The number of hydrogen-bond acceptors (Lipinski definition) is 6. The lowest BCUT2D eigenvalue weighted by molar-refractivity contribution is 0.400. The number of benzene rings is 1. The van der Waals surface area contributed by atoms with Gasteiger partial charge in [0.2, 0.25) is 5.88 Å². The van der Waals surface area contributed by atoms with Crippen molar-refractivity contribution in [1.82, 2.24) is 19.9 Å². The minimum Gasteiger partial charge on any atom is -0.481 e. The Morgan fingerprint density at radius 3 is 2.52 bits per heavy atom. The fraction of sp³-hybridized carbons (Fsp3) is 0.190. The van der Waals surface area contributed by atoms with Gasteiger partial charge in [-0.05, 0) is 38.1 Å². The van der Waals surface area contributed by atoms with Crippen molar-refractivity contribution in [2.45, 2.75) is 24.0 Å². The van der Waals surface area contributed by atoms with Gasteiger partial charge in [0.1, 0.15) is 5.52 Å². The number of hydrogen-bond donors (Lipinski definition) is 1. The molecule has 0 aliphatic rings. The van der Waals surface area contributed by atoms with Crippen LogP contribution < -0.4 is 4.74 Å². The van der Waals surface area contributed by atoms with Gasteiger partial charge in [0, 0.05) is 30.5 Å². The van der Waals surface area contributed by atoms with Gasteiger partial charge in [-0.2, -0.15) is 0 Å². The van der Waals surface area contributed by atoms with Crippen LogP contribution in [0.4, 0.5) is 0 Å². The maximum Gasteiger partial charge on any atom is 0.221 e. The maximum atomic E-state index is 12.3. The molecule has 0 radical (unpaired) electrons. The smallest absolute Gasteiger partial charge is 0.221 e. The van der Waals surface area contributed by atoms with Gasteiger partial charge in [-0.15, -0.1) is 0 Å². The molecule has 8 heteroatoms. The Hall–Kier alpha value is -3.26. The van der Waals surface area contributed by atoms with Crippen LogP contribution in [0, 0.1) is 0 Å². The average Bonchev–Trinajstić information content (AvgIpc) is 3.16. The van der Waals surface area contributed by atoms with Crippen LogP contribution in [0.25, 0.3) is 33.5 Å². The Labute approximate surface area is 170 Å². The molecule has 0 amide bonds. The van der Waals surface area contributed by atoms with Gasteiger partial charge in [0.05, 0.1) is 29.1 Å². The zero-order valence-corrected chi connectivity index (χ0v) is 17.1.